The van der Waals surface area contributed by atoms with Crippen LogP contribution >= 0.6 is 0 Å². The van der Waals surface area contributed by atoms with E-state index in [0.29, 0.717) is 6.54 Å². The third kappa shape index (κ3) is 5.65. The number of pyridine rings is 2. The smallest absolute Gasteiger partial charge is 0.191 e. The van der Waals surface area contributed by atoms with E-state index in [2.05, 4.69) is 48.5 Å². The highest BCUT2D eigenvalue weighted by molar-refractivity contribution is 5.79. The Balaban J connectivity index is 1.52. The molecule has 3 rings (SSSR count). The molecule has 1 fully saturated rings. The SMILES string of the molecule is CN=C(NCCc1ccccn1)NCc1cccnc1N1CCN(C)CC1. The summed E-state index contributed by atoms with van der Waals surface area (Å²) in [5.74, 6) is 1.86. The van der Waals surface area contributed by atoms with E-state index in [9.17, 15) is 0 Å². The van der Waals surface area contributed by atoms with Gasteiger partial charge in [-0.25, -0.2) is 4.98 Å². The van der Waals surface area contributed by atoms with Crippen LogP contribution in [0, 0.1) is 0 Å². The van der Waals surface area contributed by atoms with Crippen LogP contribution in [0.3, 0.4) is 0 Å². The fourth-order valence-corrected chi connectivity index (χ4v) is 3.13. The molecular weight excluding hydrogens is 338 g/mol. The number of likely N-dealkylation sites (N-methyl/N-ethyl adjacent to an activating group) is 1. The predicted molar refractivity (Wildman–Crippen MR) is 110 cm³/mol. The summed E-state index contributed by atoms with van der Waals surface area (Å²) in [6.07, 6.45) is 4.56. The first-order chi connectivity index (χ1) is 13.3. The van der Waals surface area contributed by atoms with Crippen LogP contribution in [0.4, 0.5) is 5.82 Å². The zero-order chi connectivity index (χ0) is 18.9. The lowest BCUT2D eigenvalue weighted by atomic mass is 10.2. The van der Waals surface area contributed by atoms with Gasteiger partial charge in [0.15, 0.2) is 5.96 Å². The molecule has 0 radical (unpaired) electrons. The minimum absolute atomic E-state index is 0.693. The summed E-state index contributed by atoms with van der Waals surface area (Å²) in [5.41, 5.74) is 2.26. The number of anilines is 1. The van der Waals surface area contributed by atoms with E-state index in [-0.39, 0.29) is 0 Å². The van der Waals surface area contributed by atoms with Crippen molar-refractivity contribution in [3.63, 3.8) is 0 Å². The average Bonchev–Trinajstić information content (AvgIpc) is 2.72. The average molecular weight is 368 g/mol. The molecule has 1 saturated heterocycles. The number of guanidine groups is 1. The molecule has 2 aromatic heterocycles. The number of rotatable bonds is 6. The van der Waals surface area contributed by atoms with Gasteiger partial charge in [-0.2, -0.15) is 0 Å². The Hall–Kier alpha value is -2.67. The largest absolute Gasteiger partial charge is 0.356 e. The van der Waals surface area contributed by atoms with Crippen molar-refractivity contribution >= 4 is 11.8 Å². The number of aliphatic imine (C=N–C) groups is 1. The van der Waals surface area contributed by atoms with Crippen LogP contribution in [0.25, 0.3) is 0 Å². The summed E-state index contributed by atoms with van der Waals surface area (Å²) in [5, 5.41) is 6.75. The van der Waals surface area contributed by atoms with Gasteiger partial charge in [0.05, 0.1) is 0 Å². The number of nitrogens with zero attached hydrogens (tertiary/aromatic N) is 5. The first kappa shape index (κ1) is 19.1. The number of nitrogens with one attached hydrogen (secondary N) is 2. The van der Waals surface area contributed by atoms with E-state index in [0.717, 1.165) is 56.6 Å². The topological polar surface area (TPSA) is 68.7 Å². The van der Waals surface area contributed by atoms with Gasteiger partial charge in [0, 0.05) is 76.4 Å². The Morgan fingerprint density at radius 2 is 1.85 bits per heavy atom. The van der Waals surface area contributed by atoms with Crippen molar-refractivity contribution in [3.05, 3.63) is 54.0 Å². The molecule has 0 atom stereocenters. The lowest BCUT2D eigenvalue weighted by molar-refractivity contribution is 0.312. The number of hydrogen-bond acceptors (Lipinski definition) is 5. The first-order valence-electron chi connectivity index (χ1n) is 9.48. The van der Waals surface area contributed by atoms with Crippen molar-refractivity contribution in [2.24, 2.45) is 4.99 Å². The van der Waals surface area contributed by atoms with Crippen LogP contribution in [0.2, 0.25) is 0 Å². The Kier molecular flexibility index (Phi) is 6.98. The first-order valence-corrected chi connectivity index (χ1v) is 9.48. The molecule has 0 aliphatic carbocycles. The van der Waals surface area contributed by atoms with Crippen molar-refractivity contribution in [1.82, 2.24) is 25.5 Å². The summed E-state index contributed by atoms with van der Waals surface area (Å²) in [6, 6.07) is 10.1. The van der Waals surface area contributed by atoms with E-state index in [1.54, 1.807) is 7.05 Å². The summed E-state index contributed by atoms with van der Waals surface area (Å²) in [7, 11) is 3.96. The van der Waals surface area contributed by atoms with Crippen molar-refractivity contribution < 1.29 is 0 Å². The predicted octanol–water partition coefficient (Wildman–Crippen LogP) is 1.14. The summed E-state index contributed by atoms with van der Waals surface area (Å²) >= 11 is 0. The second-order valence-corrected chi connectivity index (χ2v) is 6.70. The van der Waals surface area contributed by atoms with E-state index in [4.69, 9.17) is 0 Å². The van der Waals surface area contributed by atoms with Gasteiger partial charge < -0.3 is 20.4 Å². The van der Waals surface area contributed by atoms with E-state index in [1.165, 1.54) is 5.56 Å². The molecule has 2 aromatic rings. The van der Waals surface area contributed by atoms with Crippen molar-refractivity contribution in [3.8, 4) is 0 Å². The number of piperazine rings is 1. The van der Waals surface area contributed by atoms with Gasteiger partial charge in [0.2, 0.25) is 0 Å². The highest BCUT2D eigenvalue weighted by atomic mass is 15.3. The Labute approximate surface area is 161 Å². The van der Waals surface area contributed by atoms with Crippen LogP contribution in [-0.4, -0.2) is 67.6 Å². The maximum atomic E-state index is 4.63. The molecule has 1 aliphatic rings. The van der Waals surface area contributed by atoms with Crippen LogP contribution in [0.1, 0.15) is 11.3 Å². The minimum Gasteiger partial charge on any atom is -0.356 e. The molecule has 0 aromatic carbocycles. The number of hydrogen-bond donors (Lipinski definition) is 2. The standard InChI is InChI=1S/C20H29N7/c1-21-20(24-11-8-18-7-3-4-9-22-18)25-16-17-6-5-10-23-19(17)27-14-12-26(2)13-15-27/h3-7,9-10H,8,11-16H2,1-2H3,(H2,21,24,25). The molecule has 3 heterocycles. The zero-order valence-electron chi connectivity index (χ0n) is 16.2. The van der Waals surface area contributed by atoms with Gasteiger partial charge in [0.1, 0.15) is 5.82 Å². The molecule has 0 spiro atoms. The lowest BCUT2D eigenvalue weighted by Crippen LogP contribution is -2.45. The molecule has 7 nitrogen and oxygen atoms in total. The molecule has 7 heteroatoms. The highest BCUT2D eigenvalue weighted by Crippen LogP contribution is 2.18. The summed E-state index contributed by atoms with van der Waals surface area (Å²) in [4.78, 5) is 18.0. The molecule has 1 aliphatic heterocycles. The zero-order valence-corrected chi connectivity index (χ0v) is 16.2. The molecule has 27 heavy (non-hydrogen) atoms. The van der Waals surface area contributed by atoms with E-state index >= 15 is 0 Å². The van der Waals surface area contributed by atoms with Crippen LogP contribution in [-0.2, 0) is 13.0 Å². The van der Waals surface area contributed by atoms with Gasteiger partial charge in [-0.15, -0.1) is 0 Å². The summed E-state index contributed by atoms with van der Waals surface area (Å²) in [6.45, 7) is 5.64. The molecule has 0 amide bonds. The Morgan fingerprint density at radius 1 is 1.04 bits per heavy atom. The normalized spacial score (nSPS) is 15.6. The molecule has 2 N–H and O–H groups in total. The van der Waals surface area contributed by atoms with E-state index in [1.807, 2.05) is 36.7 Å². The third-order valence-electron chi connectivity index (χ3n) is 4.74. The maximum Gasteiger partial charge on any atom is 0.191 e. The molecule has 144 valence electrons. The van der Waals surface area contributed by atoms with Crippen LogP contribution in [0.15, 0.2) is 47.7 Å². The van der Waals surface area contributed by atoms with Crippen LogP contribution < -0.4 is 15.5 Å². The second kappa shape index (κ2) is 9.87. The van der Waals surface area contributed by atoms with Crippen molar-refractivity contribution in [2.75, 3.05) is 51.7 Å². The monoisotopic (exact) mass is 367 g/mol. The van der Waals surface area contributed by atoms with Gasteiger partial charge in [0.25, 0.3) is 0 Å². The van der Waals surface area contributed by atoms with Gasteiger partial charge >= 0.3 is 0 Å². The fraction of sp³-hybridized carbons (Fsp3) is 0.450. The molecular formula is C20H29N7. The van der Waals surface area contributed by atoms with Crippen molar-refractivity contribution in [2.45, 2.75) is 13.0 Å². The van der Waals surface area contributed by atoms with Gasteiger partial charge in [-0.3, -0.25) is 9.98 Å². The van der Waals surface area contributed by atoms with Crippen LogP contribution in [0.5, 0.6) is 0 Å². The maximum absolute atomic E-state index is 4.63. The van der Waals surface area contributed by atoms with E-state index < -0.39 is 0 Å². The highest BCUT2D eigenvalue weighted by Gasteiger charge is 2.17. The minimum atomic E-state index is 0.693. The Bertz CT molecular complexity index is 724. The number of aromatic nitrogens is 2. The second-order valence-electron chi connectivity index (χ2n) is 6.70. The fourth-order valence-electron chi connectivity index (χ4n) is 3.13. The van der Waals surface area contributed by atoms with Crippen molar-refractivity contribution in [1.29, 1.82) is 0 Å². The third-order valence-corrected chi connectivity index (χ3v) is 4.74. The molecule has 0 saturated carbocycles. The quantitative estimate of drug-likeness (QED) is 0.589. The molecule has 0 unspecified atom stereocenters. The Morgan fingerprint density at radius 3 is 2.59 bits per heavy atom. The summed E-state index contributed by atoms with van der Waals surface area (Å²) < 4.78 is 0. The lowest BCUT2D eigenvalue weighted by Gasteiger charge is -2.34. The van der Waals surface area contributed by atoms with Gasteiger partial charge in [-0.1, -0.05) is 12.1 Å². The van der Waals surface area contributed by atoms with Gasteiger partial charge in [-0.05, 0) is 25.2 Å². The molecule has 0 bridgehead atoms.